The van der Waals surface area contributed by atoms with E-state index in [0.717, 1.165) is 32.1 Å². The van der Waals surface area contributed by atoms with Crippen LogP contribution in [0.25, 0.3) is 33.0 Å². The maximum absolute atomic E-state index is 13.5. The zero-order valence-electron chi connectivity index (χ0n) is 15.6. The van der Waals surface area contributed by atoms with E-state index < -0.39 is 0 Å². The van der Waals surface area contributed by atoms with Crippen molar-refractivity contribution in [1.82, 2.24) is 0 Å². The van der Waals surface area contributed by atoms with E-state index in [-0.39, 0.29) is 11.2 Å². The Morgan fingerprint density at radius 2 is 1.39 bits per heavy atom. The summed E-state index contributed by atoms with van der Waals surface area (Å²) >= 11 is 3.54. The highest BCUT2D eigenvalue weighted by atomic mass is 79.9. The highest BCUT2D eigenvalue weighted by Crippen LogP contribution is 2.58. The Bertz CT molecular complexity index is 1360. The Balaban J connectivity index is 1.90. The Morgan fingerprint density at radius 1 is 0.714 bits per heavy atom. The molecular weight excluding hydrogens is 408 g/mol. The van der Waals surface area contributed by atoms with E-state index in [2.05, 4.69) is 78.3 Å². The van der Waals surface area contributed by atoms with E-state index in [9.17, 15) is 4.79 Å². The van der Waals surface area contributed by atoms with Crippen LogP contribution in [0.5, 0.6) is 0 Å². The lowest BCUT2D eigenvalue weighted by Gasteiger charge is -2.25. The molecule has 0 saturated heterocycles. The third kappa shape index (κ3) is 1.80. The van der Waals surface area contributed by atoms with E-state index in [4.69, 9.17) is 0 Å². The summed E-state index contributed by atoms with van der Waals surface area (Å²) in [6.07, 6.45) is 0. The number of carbonyl (C=O) groups excluding carboxylic acids is 1. The van der Waals surface area contributed by atoms with Crippen molar-refractivity contribution in [3.8, 4) is 22.3 Å². The number of ketones is 1. The predicted octanol–water partition coefficient (Wildman–Crippen LogP) is 7.12. The Kier molecular flexibility index (Phi) is 3.03. The molecule has 28 heavy (non-hydrogen) atoms. The smallest absolute Gasteiger partial charge is 0.194 e. The molecule has 6 rings (SSSR count). The molecule has 0 aromatic heterocycles. The highest BCUT2D eigenvalue weighted by Gasteiger charge is 2.43. The fourth-order valence-corrected chi connectivity index (χ4v) is 5.65. The van der Waals surface area contributed by atoms with Crippen molar-refractivity contribution in [1.29, 1.82) is 0 Å². The van der Waals surface area contributed by atoms with Gasteiger partial charge in [0.2, 0.25) is 0 Å². The summed E-state index contributed by atoms with van der Waals surface area (Å²) in [7, 11) is 0. The molecule has 4 aromatic rings. The first-order valence-corrected chi connectivity index (χ1v) is 10.3. The van der Waals surface area contributed by atoms with Gasteiger partial charge in [-0.1, -0.05) is 84.4 Å². The number of halogens is 1. The molecule has 4 aromatic carbocycles. The Hall–Kier alpha value is -2.71. The molecule has 134 valence electrons. The molecule has 0 bridgehead atoms. The van der Waals surface area contributed by atoms with Crippen molar-refractivity contribution in [3.63, 3.8) is 0 Å². The van der Waals surface area contributed by atoms with Crippen LogP contribution in [0.4, 0.5) is 0 Å². The van der Waals surface area contributed by atoms with Gasteiger partial charge >= 0.3 is 0 Å². The van der Waals surface area contributed by atoms with Crippen molar-refractivity contribution in [2.45, 2.75) is 19.3 Å². The van der Waals surface area contributed by atoms with Gasteiger partial charge in [0.05, 0.1) is 0 Å². The maximum atomic E-state index is 13.5. The fraction of sp³-hybridized carbons (Fsp3) is 0.115. The van der Waals surface area contributed by atoms with Gasteiger partial charge in [0.15, 0.2) is 5.78 Å². The van der Waals surface area contributed by atoms with Gasteiger partial charge in [0.1, 0.15) is 0 Å². The lowest BCUT2D eigenvalue weighted by molar-refractivity contribution is 0.104. The zero-order valence-corrected chi connectivity index (χ0v) is 17.2. The normalized spacial score (nSPS) is 15.3. The molecule has 0 heterocycles. The predicted molar refractivity (Wildman–Crippen MR) is 118 cm³/mol. The van der Waals surface area contributed by atoms with Crippen molar-refractivity contribution in [2.75, 3.05) is 0 Å². The number of carbonyl (C=O) groups is 1. The second kappa shape index (κ2) is 5.21. The topological polar surface area (TPSA) is 17.1 Å². The van der Waals surface area contributed by atoms with Crippen LogP contribution in [-0.4, -0.2) is 5.78 Å². The minimum atomic E-state index is -0.158. The minimum absolute atomic E-state index is 0.136. The van der Waals surface area contributed by atoms with Gasteiger partial charge < -0.3 is 0 Å². The molecule has 0 aliphatic heterocycles. The Morgan fingerprint density at radius 3 is 2.18 bits per heavy atom. The molecule has 0 amide bonds. The van der Waals surface area contributed by atoms with E-state index in [1.165, 1.54) is 27.6 Å². The zero-order chi connectivity index (χ0) is 19.2. The average Bonchev–Trinajstić information content (AvgIpc) is 3.12. The molecular formula is C26H17BrO. The summed E-state index contributed by atoms with van der Waals surface area (Å²) in [4.78, 5) is 13.5. The molecule has 0 spiro atoms. The van der Waals surface area contributed by atoms with Crippen LogP contribution in [0.15, 0.2) is 71.2 Å². The average molecular weight is 425 g/mol. The van der Waals surface area contributed by atoms with Crippen molar-refractivity contribution >= 4 is 32.5 Å². The molecule has 2 aliphatic carbocycles. The third-order valence-corrected chi connectivity index (χ3v) is 6.93. The second-order valence-corrected chi connectivity index (χ2v) is 9.15. The van der Waals surface area contributed by atoms with E-state index in [1.54, 1.807) is 0 Å². The molecule has 0 fully saturated rings. The van der Waals surface area contributed by atoms with Crippen LogP contribution < -0.4 is 0 Å². The summed E-state index contributed by atoms with van der Waals surface area (Å²) in [6, 6.07) is 23.2. The highest BCUT2D eigenvalue weighted by molar-refractivity contribution is 9.10. The largest absolute Gasteiger partial charge is 0.289 e. The number of rotatable bonds is 0. The van der Waals surface area contributed by atoms with Gasteiger partial charge in [-0.3, -0.25) is 4.79 Å². The van der Waals surface area contributed by atoms with Crippen LogP contribution in [0, 0.1) is 0 Å². The van der Waals surface area contributed by atoms with Gasteiger partial charge in [0, 0.05) is 21.0 Å². The summed E-state index contributed by atoms with van der Waals surface area (Å²) in [5, 5.41) is 2.23. The summed E-state index contributed by atoms with van der Waals surface area (Å²) in [5.74, 6) is 0.136. The molecule has 0 unspecified atom stereocenters. The van der Waals surface area contributed by atoms with Crippen LogP contribution >= 0.6 is 15.9 Å². The lowest BCUT2D eigenvalue weighted by Crippen LogP contribution is -2.16. The lowest BCUT2D eigenvalue weighted by atomic mass is 9.77. The number of hydrogen-bond acceptors (Lipinski definition) is 1. The number of hydrogen-bond donors (Lipinski definition) is 0. The summed E-state index contributed by atoms with van der Waals surface area (Å²) in [6.45, 7) is 4.57. The SMILES string of the molecule is CC1(C)c2ccccc2-c2c1c1c(c3ccccc23)C(=O)c2cc(Br)ccc2-1. The monoisotopic (exact) mass is 424 g/mol. The van der Waals surface area contributed by atoms with Crippen molar-refractivity contribution in [3.05, 3.63) is 93.5 Å². The van der Waals surface area contributed by atoms with Gasteiger partial charge in [0.25, 0.3) is 0 Å². The summed E-state index contributed by atoms with van der Waals surface area (Å²) in [5.41, 5.74) is 8.90. The maximum Gasteiger partial charge on any atom is 0.194 e. The first-order chi connectivity index (χ1) is 13.5. The quantitative estimate of drug-likeness (QED) is 0.258. The minimum Gasteiger partial charge on any atom is -0.289 e. The van der Waals surface area contributed by atoms with Crippen molar-refractivity contribution < 1.29 is 4.79 Å². The fourth-order valence-electron chi connectivity index (χ4n) is 5.29. The molecule has 2 aliphatic rings. The summed E-state index contributed by atoms with van der Waals surface area (Å²) < 4.78 is 0.941. The standard InChI is InChI=1S/C26H17BrO/c1-26(2)20-10-6-5-9-18(20)21-15-7-3-4-8-16(15)23-22(24(21)26)17-12-11-14(27)13-19(17)25(23)28/h3-13H,1-2H3. The van der Waals surface area contributed by atoms with Gasteiger partial charge in [-0.15, -0.1) is 0 Å². The third-order valence-electron chi connectivity index (χ3n) is 6.43. The van der Waals surface area contributed by atoms with Crippen LogP contribution in [0.3, 0.4) is 0 Å². The number of fused-ring (bicyclic) bond motifs is 10. The van der Waals surface area contributed by atoms with Crippen LogP contribution in [0.2, 0.25) is 0 Å². The van der Waals surface area contributed by atoms with Crippen LogP contribution in [0.1, 0.15) is 40.9 Å². The first kappa shape index (κ1) is 16.3. The molecule has 0 N–H and O–H groups in total. The molecule has 0 atom stereocenters. The van der Waals surface area contributed by atoms with E-state index >= 15 is 0 Å². The van der Waals surface area contributed by atoms with Gasteiger partial charge in [-0.05, 0) is 56.3 Å². The first-order valence-electron chi connectivity index (χ1n) is 9.54. The van der Waals surface area contributed by atoms with Crippen LogP contribution in [-0.2, 0) is 5.41 Å². The molecule has 0 saturated carbocycles. The van der Waals surface area contributed by atoms with Crippen molar-refractivity contribution in [2.24, 2.45) is 0 Å². The molecule has 1 nitrogen and oxygen atoms in total. The molecule has 0 radical (unpaired) electrons. The van der Waals surface area contributed by atoms with E-state index in [0.29, 0.717) is 0 Å². The van der Waals surface area contributed by atoms with E-state index in [1.807, 2.05) is 18.2 Å². The van der Waals surface area contributed by atoms with Gasteiger partial charge in [-0.2, -0.15) is 0 Å². The number of benzene rings is 4. The Labute approximate surface area is 172 Å². The van der Waals surface area contributed by atoms with Gasteiger partial charge in [-0.25, -0.2) is 0 Å². The molecule has 2 heteroatoms. The second-order valence-electron chi connectivity index (χ2n) is 8.24.